The normalized spacial score (nSPS) is 14.1. The summed E-state index contributed by atoms with van der Waals surface area (Å²) in [5.74, 6) is 0. The van der Waals surface area contributed by atoms with Crippen LogP contribution in [-0.2, 0) is 0 Å². The summed E-state index contributed by atoms with van der Waals surface area (Å²) < 4.78 is 0. The molecule has 0 aromatic carbocycles. The summed E-state index contributed by atoms with van der Waals surface area (Å²) in [4.78, 5) is 0. The Hall–Kier alpha value is -0.630. The zero-order valence-electron chi connectivity index (χ0n) is 5.89. The van der Waals surface area contributed by atoms with Crippen molar-refractivity contribution in [2.24, 2.45) is 0 Å². The SMILES string of the molecule is C/C=C\C(=N)C(O)CC. The lowest BCUT2D eigenvalue weighted by Gasteiger charge is -2.03. The van der Waals surface area contributed by atoms with Gasteiger partial charge in [-0.2, -0.15) is 0 Å². The van der Waals surface area contributed by atoms with E-state index in [4.69, 9.17) is 10.5 Å². The van der Waals surface area contributed by atoms with Gasteiger partial charge in [-0.1, -0.05) is 13.0 Å². The molecule has 9 heavy (non-hydrogen) atoms. The van der Waals surface area contributed by atoms with Crippen LogP contribution < -0.4 is 0 Å². The zero-order chi connectivity index (χ0) is 7.28. The molecule has 0 saturated carbocycles. The number of hydrogen-bond acceptors (Lipinski definition) is 2. The molecule has 52 valence electrons. The fraction of sp³-hybridized carbons (Fsp3) is 0.571. The van der Waals surface area contributed by atoms with Crippen LogP contribution >= 0.6 is 0 Å². The summed E-state index contributed by atoms with van der Waals surface area (Å²) in [5, 5.41) is 16.1. The van der Waals surface area contributed by atoms with Crippen LogP contribution in [0.25, 0.3) is 0 Å². The monoisotopic (exact) mass is 127 g/mol. The Morgan fingerprint density at radius 2 is 2.33 bits per heavy atom. The summed E-state index contributed by atoms with van der Waals surface area (Å²) in [5.41, 5.74) is 0.292. The Morgan fingerprint density at radius 3 is 2.67 bits per heavy atom. The largest absolute Gasteiger partial charge is 0.387 e. The van der Waals surface area contributed by atoms with Gasteiger partial charge in [0.25, 0.3) is 0 Å². The minimum Gasteiger partial charge on any atom is -0.387 e. The highest BCUT2D eigenvalue weighted by atomic mass is 16.3. The van der Waals surface area contributed by atoms with Gasteiger partial charge in [0.2, 0.25) is 0 Å². The third-order valence-corrected chi connectivity index (χ3v) is 1.09. The Balaban J connectivity index is 3.73. The molecule has 2 N–H and O–H groups in total. The molecule has 0 radical (unpaired) electrons. The first kappa shape index (κ1) is 8.37. The predicted molar refractivity (Wildman–Crippen MR) is 38.8 cm³/mol. The molecule has 0 fully saturated rings. The molecule has 2 nitrogen and oxygen atoms in total. The molecule has 0 rings (SSSR count). The van der Waals surface area contributed by atoms with Crippen LogP contribution in [0.2, 0.25) is 0 Å². The third kappa shape index (κ3) is 3.03. The van der Waals surface area contributed by atoms with Gasteiger partial charge in [0, 0.05) is 0 Å². The predicted octanol–water partition coefficient (Wildman–Crippen LogP) is 1.35. The first-order valence-electron chi connectivity index (χ1n) is 3.11. The highest BCUT2D eigenvalue weighted by Gasteiger charge is 2.02. The summed E-state index contributed by atoms with van der Waals surface area (Å²) in [7, 11) is 0. The first-order valence-corrected chi connectivity index (χ1v) is 3.11. The quantitative estimate of drug-likeness (QED) is 0.552. The van der Waals surface area contributed by atoms with E-state index in [1.807, 2.05) is 13.8 Å². The molecular weight excluding hydrogens is 114 g/mol. The molecule has 0 spiro atoms. The van der Waals surface area contributed by atoms with Crippen LogP contribution in [0.5, 0.6) is 0 Å². The molecule has 1 atom stereocenters. The Labute approximate surface area is 55.7 Å². The first-order chi connectivity index (χ1) is 4.22. The summed E-state index contributed by atoms with van der Waals surface area (Å²) in [6, 6.07) is 0. The van der Waals surface area contributed by atoms with Crippen molar-refractivity contribution in [3.05, 3.63) is 12.2 Å². The fourth-order valence-corrected chi connectivity index (χ4v) is 0.511. The van der Waals surface area contributed by atoms with E-state index in [1.165, 1.54) is 0 Å². The minimum atomic E-state index is -0.582. The lowest BCUT2D eigenvalue weighted by molar-refractivity contribution is 0.237. The minimum absolute atomic E-state index is 0.292. The van der Waals surface area contributed by atoms with Crippen molar-refractivity contribution in [2.45, 2.75) is 26.4 Å². The number of allylic oxidation sites excluding steroid dienone is 1. The molecule has 0 aliphatic rings. The van der Waals surface area contributed by atoms with Gasteiger partial charge in [-0.05, 0) is 19.4 Å². The van der Waals surface area contributed by atoms with Gasteiger partial charge in [-0.15, -0.1) is 0 Å². The summed E-state index contributed by atoms with van der Waals surface area (Å²) >= 11 is 0. The lowest BCUT2D eigenvalue weighted by atomic mass is 10.1. The topological polar surface area (TPSA) is 44.1 Å². The second-order valence-corrected chi connectivity index (χ2v) is 1.88. The van der Waals surface area contributed by atoms with E-state index >= 15 is 0 Å². The van der Waals surface area contributed by atoms with Crippen LogP contribution in [0.15, 0.2) is 12.2 Å². The second kappa shape index (κ2) is 4.27. The van der Waals surface area contributed by atoms with E-state index < -0.39 is 6.10 Å². The van der Waals surface area contributed by atoms with Gasteiger partial charge >= 0.3 is 0 Å². The Kier molecular flexibility index (Phi) is 3.97. The fourth-order valence-electron chi connectivity index (χ4n) is 0.511. The van der Waals surface area contributed by atoms with E-state index in [-0.39, 0.29) is 0 Å². The zero-order valence-corrected chi connectivity index (χ0v) is 5.89. The van der Waals surface area contributed by atoms with Gasteiger partial charge in [0.05, 0.1) is 11.8 Å². The molecule has 0 amide bonds. The lowest BCUT2D eigenvalue weighted by Crippen LogP contribution is -2.15. The molecule has 2 heteroatoms. The number of aliphatic hydroxyl groups is 1. The van der Waals surface area contributed by atoms with Crippen LogP contribution in [0.3, 0.4) is 0 Å². The molecular formula is C7H13NO. The second-order valence-electron chi connectivity index (χ2n) is 1.88. The van der Waals surface area contributed by atoms with Crippen molar-refractivity contribution in [3.63, 3.8) is 0 Å². The van der Waals surface area contributed by atoms with Crippen LogP contribution in [-0.4, -0.2) is 16.9 Å². The average molecular weight is 127 g/mol. The third-order valence-electron chi connectivity index (χ3n) is 1.09. The van der Waals surface area contributed by atoms with E-state index in [2.05, 4.69) is 0 Å². The van der Waals surface area contributed by atoms with Gasteiger partial charge in [-0.25, -0.2) is 0 Å². The summed E-state index contributed by atoms with van der Waals surface area (Å²) in [6.07, 6.45) is 3.39. The smallest absolute Gasteiger partial charge is 0.0949 e. The molecule has 0 aliphatic carbocycles. The molecule has 0 aromatic heterocycles. The van der Waals surface area contributed by atoms with E-state index in [1.54, 1.807) is 12.2 Å². The number of nitrogens with one attached hydrogen (secondary N) is 1. The summed E-state index contributed by atoms with van der Waals surface area (Å²) in [6.45, 7) is 3.68. The highest BCUT2D eigenvalue weighted by molar-refractivity contribution is 5.95. The van der Waals surface area contributed by atoms with Crippen molar-refractivity contribution in [1.29, 1.82) is 5.41 Å². The maximum Gasteiger partial charge on any atom is 0.0949 e. The molecule has 0 aromatic rings. The molecule has 0 heterocycles. The number of aliphatic hydroxyl groups excluding tert-OH is 1. The van der Waals surface area contributed by atoms with Crippen LogP contribution in [0, 0.1) is 5.41 Å². The molecule has 1 unspecified atom stereocenters. The van der Waals surface area contributed by atoms with Gasteiger partial charge < -0.3 is 10.5 Å². The Bertz CT molecular complexity index is 118. The maximum absolute atomic E-state index is 8.98. The van der Waals surface area contributed by atoms with Crippen molar-refractivity contribution in [3.8, 4) is 0 Å². The van der Waals surface area contributed by atoms with Crippen molar-refractivity contribution in [2.75, 3.05) is 0 Å². The van der Waals surface area contributed by atoms with E-state index in [0.29, 0.717) is 12.1 Å². The highest BCUT2D eigenvalue weighted by Crippen LogP contribution is 1.92. The van der Waals surface area contributed by atoms with Crippen molar-refractivity contribution >= 4 is 5.71 Å². The number of hydrogen-bond donors (Lipinski definition) is 2. The molecule has 0 saturated heterocycles. The molecule has 0 aliphatic heterocycles. The van der Waals surface area contributed by atoms with E-state index in [9.17, 15) is 0 Å². The van der Waals surface area contributed by atoms with E-state index in [0.717, 1.165) is 0 Å². The van der Waals surface area contributed by atoms with Gasteiger partial charge in [-0.3, -0.25) is 0 Å². The standard InChI is InChI=1S/C7H13NO/c1-3-5-6(8)7(9)4-2/h3,5,7-9H,4H2,1-2H3/b5-3-,8-6?. The van der Waals surface area contributed by atoms with Crippen molar-refractivity contribution < 1.29 is 5.11 Å². The number of rotatable bonds is 3. The van der Waals surface area contributed by atoms with Crippen LogP contribution in [0.1, 0.15) is 20.3 Å². The van der Waals surface area contributed by atoms with Crippen molar-refractivity contribution in [1.82, 2.24) is 0 Å². The average Bonchev–Trinajstić information content (AvgIpc) is 1.87. The maximum atomic E-state index is 8.98. The van der Waals surface area contributed by atoms with Gasteiger partial charge in [0.1, 0.15) is 0 Å². The van der Waals surface area contributed by atoms with Gasteiger partial charge in [0.15, 0.2) is 0 Å². The molecule has 0 bridgehead atoms. The Morgan fingerprint density at radius 1 is 1.78 bits per heavy atom. The van der Waals surface area contributed by atoms with Crippen LogP contribution in [0.4, 0.5) is 0 Å².